The van der Waals surface area contributed by atoms with Crippen molar-refractivity contribution in [2.45, 2.75) is 54.3 Å². The lowest BCUT2D eigenvalue weighted by Crippen LogP contribution is -2.68. The van der Waals surface area contributed by atoms with E-state index < -0.39 is 47.4 Å². The normalized spacial score (nSPS) is 27.3. The van der Waals surface area contributed by atoms with E-state index in [2.05, 4.69) is 15.0 Å². The van der Waals surface area contributed by atoms with Gasteiger partial charge in [-0.15, -0.1) is 0 Å². The number of imidazole rings is 1. The smallest absolute Gasteiger partial charge is 0.388 e. The van der Waals surface area contributed by atoms with Gasteiger partial charge in [0, 0.05) is 5.25 Å². The van der Waals surface area contributed by atoms with Gasteiger partial charge < -0.3 is 32.2 Å². The highest BCUT2D eigenvalue weighted by Gasteiger charge is 2.61. The highest BCUT2D eigenvalue weighted by atomic mass is 32.2. The van der Waals surface area contributed by atoms with Crippen LogP contribution in [0.5, 0.6) is 0 Å². The number of aliphatic hydroxyl groups excluding tert-OH is 2. The first-order chi connectivity index (χ1) is 14.4. The van der Waals surface area contributed by atoms with Gasteiger partial charge in [-0.05, 0) is 19.1 Å². The summed E-state index contributed by atoms with van der Waals surface area (Å²) in [6, 6.07) is 0. The summed E-state index contributed by atoms with van der Waals surface area (Å²) in [5, 5.41) is 19.4. The maximum atomic E-state index is 13.5. The second-order valence-corrected chi connectivity index (χ2v) is 8.20. The monoisotopic (exact) mass is 465 g/mol. The Kier molecular flexibility index (Phi) is 6.35. The van der Waals surface area contributed by atoms with Crippen LogP contribution in [0.1, 0.15) is 19.1 Å². The van der Waals surface area contributed by atoms with Crippen molar-refractivity contribution in [1.29, 1.82) is 0 Å². The second kappa shape index (κ2) is 8.38. The molecule has 1 fully saturated rings. The second-order valence-electron chi connectivity index (χ2n) is 7.16. The van der Waals surface area contributed by atoms with Crippen LogP contribution >= 0.6 is 11.8 Å². The molecule has 1 aliphatic heterocycles. The number of aromatic nitrogens is 4. The van der Waals surface area contributed by atoms with Crippen molar-refractivity contribution in [2.75, 3.05) is 12.0 Å². The molecular formula is C16H22F3N7O4S. The number of anilines is 1. The van der Waals surface area contributed by atoms with Crippen molar-refractivity contribution in [3.8, 4) is 0 Å². The number of ether oxygens (including phenoxy) is 1. The minimum Gasteiger partial charge on any atom is -0.388 e. The number of carbonyl (C=O) groups is 1. The summed E-state index contributed by atoms with van der Waals surface area (Å²) in [5.74, 6) is -1.60. The van der Waals surface area contributed by atoms with Crippen LogP contribution in [-0.4, -0.2) is 77.2 Å². The quantitative estimate of drug-likeness (QED) is 0.349. The van der Waals surface area contributed by atoms with Gasteiger partial charge in [0.15, 0.2) is 17.7 Å². The fourth-order valence-electron chi connectivity index (χ4n) is 3.58. The lowest BCUT2D eigenvalue weighted by molar-refractivity contribution is -0.190. The highest BCUT2D eigenvalue weighted by molar-refractivity contribution is 7.99. The van der Waals surface area contributed by atoms with Crippen LogP contribution in [0.15, 0.2) is 12.7 Å². The maximum absolute atomic E-state index is 13.5. The zero-order valence-corrected chi connectivity index (χ0v) is 17.0. The molecule has 11 nitrogen and oxygen atoms in total. The lowest BCUT2D eigenvalue weighted by atomic mass is 9.90. The van der Waals surface area contributed by atoms with Crippen molar-refractivity contribution >= 4 is 34.7 Å². The van der Waals surface area contributed by atoms with E-state index in [-0.39, 0.29) is 29.8 Å². The van der Waals surface area contributed by atoms with E-state index in [0.717, 1.165) is 11.8 Å². The fourth-order valence-corrected chi connectivity index (χ4v) is 4.58. The number of aliphatic hydroxyl groups is 2. The molecule has 1 saturated heterocycles. The first-order valence-electron chi connectivity index (χ1n) is 9.06. The largest absolute Gasteiger partial charge is 0.416 e. The van der Waals surface area contributed by atoms with Crippen molar-refractivity contribution in [2.24, 2.45) is 11.5 Å². The first-order valence-corrected chi connectivity index (χ1v) is 10.3. The van der Waals surface area contributed by atoms with Crippen molar-refractivity contribution in [1.82, 2.24) is 19.5 Å². The molecular weight excluding hydrogens is 443 g/mol. The zero-order chi connectivity index (χ0) is 23.1. The van der Waals surface area contributed by atoms with Crippen LogP contribution in [0.4, 0.5) is 19.0 Å². The third kappa shape index (κ3) is 3.91. The third-order valence-electron chi connectivity index (χ3n) is 5.38. The number of alkyl halides is 3. The average Bonchev–Trinajstić information content (AvgIpc) is 3.24. The van der Waals surface area contributed by atoms with E-state index in [1.807, 2.05) is 0 Å². The Hall–Kier alpha value is -2.20. The number of hydrogen-bond acceptors (Lipinski definition) is 10. The molecule has 3 heterocycles. The number of halogens is 3. The molecule has 0 radical (unpaired) electrons. The van der Waals surface area contributed by atoms with Crippen LogP contribution in [0, 0.1) is 0 Å². The van der Waals surface area contributed by atoms with Gasteiger partial charge in [-0.25, -0.2) is 15.0 Å². The van der Waals surface area contributed by atoms with Crippen molar-refractivity contribution < 1.29 is 32.9 Å². The van der Waals surface area contributed by atoms with E-state index in [1.54, 1.807) is 0 Å². The van der Waals surface area contributed by atoms with E-state index in [0.29, 0.717) is 0 Å². The van der Waals surface area contributed by atoms with Crippen LogP contribution in [0.2, 0.25) is 0 Å². The summed E-state index contributed by atoms with van der Waals surface area (Å²) in [6.07, 6.45) is -6.62. The molecule has 15 heteroatoms. The predicted octanol–water partition coefficient (Wildman–Crippen LogP) is -0.715. The Labute approximate surface area is 178 Å². The number of primary amides is 1. The number of thioether (sulfide) groups is 1. The number of nitrogens with two attached hydrogens (primary N) is 3. The van der Waals surface area contributed by atoms with Crippen molar-refractivity contribution in [3.05, 3.63) is 12.7 Å². The number of carbonyl (C=O) groups excluding carboxylic acids is 1. The van der Waals surface area contributed by atoms with Gasteiger partial charge in [0.2, 0.25) is 11.4 Å². The number of rotatable bonds is 7. The topological polar surface area (TPSA) is 188 Å². The maximum Gasteiger partial charge on any atom is 0.416 e. The number of nitrogen functional groups attached to an aromatic ring is 1. The minimum atomic E-state index is -5.07. The Morgan fingerprint density at radius 3 is 2.58 bits per heavy atom. The first kappa shape index (κ1) is 23.5. The molecule has 1 aliphatic rings. The highest BCUT2D eigenvalue weighted by Crippen LogP contribution is 2.40. The minimum absolute atomic E-state index is 0.106. The van der Waals surface area contributed by atoms with E-state index in [9.17, 15) is 28.2 Å². The Balaban J connectivity index is 1.78. The molecule has 0 bridgehead atoms. The average molecular weight is 465 g/mol. The third-order valence-corrected chi connectivity index (χ3v) is 6.56. The molecule has 0 spiro atoms. The van der Waals surface area contributed by atoms with Gasteiger partial charge in [0.25, 0.3) is 0 Å². The van der Waals surface area contributed by atoms with Gasteiger partial charge in [-0.3, -0.25) is 9.36 Å². The standard InChI is InChI=1S/C16H22F3N7O4S/c1-31-7(15(22,14(21)29)16(17,18)19)3-2-6-9(27)10(28)13(30-6)26-5-25-8-11(20)23-4-24-12(8)26/h4-7,9-10,13,27-28H,2-3,22H2,1H3,(H2,21,29)(H2,20,23,24)/t6-,7+,9-,10-,13-,15+/m1/s1. The van der Waals surface area contributed by atoms with Crippen LogP contribution in [0.3, 0.4) is 0 Å². The molecule has 0 aliphatic carbocycles. The number of amides is 1. The van der Waals surface area contributed by atoms with Gasteiger partial charge >= 0.3 is 6.18 Å². The number of hydrogen-bond donors (Lipinski definition) is 5. The molecule has 3 rings (SSSR count). The SMILES string of the molecule is CS[C@@H](CC[C@H]1O[C@@H](n2cnc3c(N)ncnc32)[C@H](O)[C@@H]1O)[C@](N)(C(N)=O)C(F)(F)F. The number of fused-ring (bicyclic) bond motifs is 1. The molecule has 2 aromatic rings. The fraction of sp³-hybridized carbons (Fsp3) is 0.625. The Bertz CT molecular complexity index is 961. The molecule has 0 saturated carbocycles. The Morgan fingerprint density at radius 2 is 2.00 bits per heavy atom. The van der Waals surface area contributed by atoms with Crippen LogP contribution in [-0.2, 0) is 9.53 Å². The van der Waals surface area contributed by atoms with Crippen LogP contribution in [0.25, 0.3) is 11.2 Å². The van der Waals surface area contributed by atoms with Gasteiger partial charge in [0.1, 0.15) is 24.1 Å². The van der Waals surface area contributed by atoms with Gasteiger partial charge in [0.05, 0.1) is 12.4 Å². The summed E-state index contributed by atoms with van der Waals surface area (Å²) in [5.41, 5.74) is 13.3. The van der Waals surface area contributed by atoms with E-state index >= 15 is 0 Å². The summed E-state index contributed by atoms with van der Waals surface area (Å²) in [6.45, 7) is 0. The molecule has 6 atom stereocenters. The molecule has 1 amide bonds. The summed E-state index contributed by atoms with van der Waals surface area (Å²) >= 11 is 0.728. The van der Waals surface area contributed by atoms with E-state index in [4.69, 9.17) is 21.9 Å². The molecule has 0 unspecified atom stereocenters. The lowest BCUT2D eigenvalue weighted by Gasteiger charge is -2.35. The van der Waals surface area contributed by atoms with Gasteiger partial charge in [-0.2, -0.15) is 24.9 Å². The Morgan fingerprint density at radius 1 is 1.32 bits per heavy atom. The van der Waals surface area contributed by atoms with Gasteiger partial charge in [-0.1, -0.05) is 0 Å². The molecule has 2 aromatic heterocycles. The summed E-state index contributed by atoms with van der Waals surface area (Å²) in [4.78, 5) is 23.5. The predicted molar refractivity (Wildman–Crippen MR) is 104 cm³/mol. The molecule has 0 aromatic carbocycles. The zero-order valence-electron chi connectivity index (χ0n) is 16.2. The molecule has 172 valence electrons. The molecule has 31 heavy (non-hydrogen) atoms. The van der Waals surface area contributed by atoms with Crippen molar-refractivity contribution in [3.63, 3.8) is 0 Å². The summed E-state index contributed by atoms with van der Waals surface area (Å²) < 4.78 is 47.5. The number of nitrogens with zero attached hydrogens (tertiary/aromatic N) is 4. The molecule has 8 N–H and O–H groups in total. The summed E-state index contributed by atoms with van der Waals surface area (Å²) in [7, 11) is 0. The van der Waals surface area contributed by atoms with E-state index in [1.165, 1.54) is 23.5 Å². The van der Waals surface area contributed by atoms with Crippen LogP contribution < -0.4 is 17.2 Å².